The van der Waals surface area contributed by atoms with Crippen LogP contribution >= 0.6 is 0 Å². The Hall–Kier alpha value is -2.41. The standard InChI is InChI=1S/C13H14N4O3/c1-20-13-4-10(17(18)19)2-3-11(13)16-8-15-7-12(16)9-5-14-6-9/h2-4,7-9,14H,5-6H2,1H3. The van der Waals surface area contributed by atoms with Crippen LogP contribution in [0, 0.1) is 10.1 Å². The monoisotopic (exact) mass is 274 g/mol. The minimum atomic E-state index is -0.434. The van der Waals surface area contributed by atoms with Crippen molar-refractivity contribution in [1.82, 2.24) is 14.9 Å². The lowest BCUT2D eigenvalue weighted by Crippen LogP contribution is -2.40. The van der Waals surface area contributed by atoms with Crippen molar-refractivity contribution in [3.8, 4) is 11.4 Å². The molecule has 20 heavy (non-hydrogen) atoms. The largest absolute Gasteiger partial charge is 0.494 e. The SMILES string of the molecule is COc1cc([N+](=O)[O-])ccc1-n1cncc1C1CNC1. The van der Waals surface area contributed by atoms with Gasteiger partial charge in [0.2, 0.25) is 0 Å². The number of aromatic nitrogens is 2. The highest BCUT2D eigenvalue weighted by Crippen LogP contribution is 2.31. The van der Waals surface area contributed by atoms with Crippen LogP contribution in [0.1, 0.15) is 11.6 Å². The average Bonchev–Trinajstić information content (AvgIpc) is 2.84. The second kappa shape index (κ2) is 4.93. The number of hydrogen-bond donors (Lipinski definition) is 1. The van der Waals surface area contributed by atoms with E-state index < -0.39 is 4.92 Å². The van der Waals surface area contributed by atoms with Gasteiger partial charge in [0.15, 0.2) is 0 Å². The summed E-state index contributed by atoms with van der Waals surface area (Å²) in [7, 11) is 1.50. The van der Waals surface area contributed by atoms with Gasteiger partial charge in [-0.25, -0.2) is 4.98 Å². The van der Waals surface area contributed by atoms with Crippen molar-refractivity contribution in [3.63, 3.8) is 0 Å². The number of hydrogen-bond acceptors (Lipinski definition) is 5. The minimum Gasteiger partial charge on any atom is -0.494 e. The molecule has 1 aliphatic heterocycles. The molecule has 7 heteroatoms. The molecule has 104 valence electrons. The molecule has 1 saturated heterocycles. The lowest BCUT2D eigenvalue weighted by Gasteiger charge is -2.28. The zero-order chi connectivity index (χ0) is 14.1. The van der Waals surface area contributed by atoms with Gasteiger partial charge >= 0.3 is 0 Å². The van der Waals surface area contributed by atoms with Gasteiger partial charge in [-0.2, -0.15) is 0 Å². The zero-order valence-corrected chi connectivity index (χ0v) is 10.9. The molecule has 0 radical (unpaired) electrons. The number of nitrogens with zero attached hydrogens (tertiary/aromatic N) is 3. The van der Waals surface area contributed by atoms with E-state index >= 15 is 0 Å². The van der Waals surface area contributed by atoms with Crippen LogP contribution in [-0.4, -0.2) is 34.7 Å². The van der Waals surface area contributed by atoms with Gasteiger partial charge in [0, 0.05) is 37.0 Å². The first-order valence-corrected chi connectivity index (χ1v) is 6.26. The van der Waals surface area contributed by atoms with Crippen LogP contribution in [-0.2, 0) is 0 Å². The summed E-state index contributed by atoms with van der Waals surface area (Å²) in [6, 6.07) is 4.59. The molecule has 1 fully saturated rings. The molecule has 7 nitrogen and oxygen atoms in total. The van der Waals surface area contributed by atoms with Gasteiger partial charge in [-0.1, -0.05) is 0 Å². The molecule has 2 heterocycles. The predicted molar refractivity (Wildman–Crippen MR) is 72.4 cm³/mol. The Balaban J connectivity index is 2.05. The molecule has 3 rings (SSSR count). The van der Waals surface area contributed by atoms with Gasteiger partial charge in [-0.3, -0.25) is 14.7 Å². The molecule has 2 aromatic rings. The van der Waals surface area contributed by atoms with Crippen LogP contribution in [0.25, 0.3) is 5.69 Å². The van der Waals surface area contributed by atoms with E-state index in [0.29, 0.717) is 11.7 Å². The van der Waals surface area contributed by atoms with Gasteiger partial charge in [-0.05, 0) is 6.07 Å². The van der Waals surface area contributed by atoms with Crippen molar-refractivity contribution in [3.05, 3.63) is 46.5 Å². The fourth-order valence-corrected chi connectivity index (χ4v) is 2.29. The van der Waals surface area contributed by atoms with Crippen LogP contribution in [0.4, 0.5) is 5.69 Å². The molecule has 0 unspecified atom stereocenters. The summed E-state index contributed by atoms with van der Waals surface area (Å²) in [5.41, 5.74) is 1.85. The molecule has 0 aliphatic carbocycles. The molecule has 1 N–H and O–H groups in total. The van der Waals surface area contributed by atoms with E-state index in [1.807, 2.05) is 10.8 Å². The number of benzene rings is 1. The summed E-state index contributed by atoms with van der Waals surface area (Å²) in [5.74, 6) is 0.878. The van der Waals surface area contributed by atoms with Crippen LogP contribution in [0.5, 0.6) is 5.75 Å². The molecular weight excluding hydrogens is 260 g/mol. The van der Waals surface area contributed by atoms with E-state index in [1.165, 1.54) is 19.2 Å². The Labute approximate surface area is 115 Å². The highest BCUT2D eigenvalue weighted by Gasteiger charge is 2.24. The highest BCUT2D eigenvalue weighted by molar-refractivity contribution is 5.54. The number of methoxy groups -OCH3 is 1. The topological polar surface area (TPSA) is 82.2 Å². The minimum absolute atomic E-state index is 0.0116. The third-order valence-electron chi connectivity index (χ3n) is 3.50. The molecular formula is C13H14N4O3. The van der Waals surface area contributed by atoms with Crippen molar-refractivity contribution < 1.29 is 9.66 Å². The van der Waals surface area contributed by atoms with Gasteiger partial charge < -0.3 is 10.1 Å². The first-order valence-electron chi connectivity index (χ1n) is 6.26. The van der Waals surface area contributed by atoms with E-state index in [0.717, 1.165) is 24.5 Å². The number of imidazole rings is 1. The maximum absolute atomic E-state index is 10.8. The summed E-state index contributed by atoms with van der Waals surface area (Å²) in [6.07, 6.45) is 3.53. The molecule has 0 spiro atoms. The number of nitro benzene ring substituents is 1. The van der Waals surface area contributed by atoms with E-state index in [-0.39, 0.29) is 5.69 Å². The van der Waals surface area contributed by atoms with Crippen molar-refractivity contribution in [1.29, 1.82) is 0 Å². The van der Waals surface area contributed by atoms with Crippen molar-refractivity contribution in [2.75, 3.05) is 20.2 Å². The third kappa shape index (κ3) is 2.01. The van der Waals surface area contributed by atoms with Gasteiger partial charge in [0.05, 0.1) is 30.1 Å². The molecule has 0 bridgehead atoms. The highest BCUT2D eigenvalue weighted by atomic mass is 16.6. The second-order valence-electron chi connectivity index (χ2n) is 4.66. The Morgan fingerprint density at radius 2 is 2.30 bits per heavy atom. The number of non-ortho nitro benzene ring substituents is 1. The quantitative estimate of drug-likeness (QED) is 0.674. The van der Waals surface area contributed by atoms with Gasteiger partial charge in [-0.15, -0.1) is 0 Å². The number of rotatable bonds is 4. The van der Waals surface area contributed by atoms with Crippen LogP contribution < -0.4 is 10.1 Å². The van der Waals surface area contributed by atoms with Crippen molar-refractivity contribution in [2.45, 2.75) is 5.92 Å². The summed E-state index contributed by atoms with van der Waals surface area (Å²) in [6.45, 7) is 1.84. The summed E-state index contributed by atoms with van der Waals surface area (Å²) < 4.78 is 7.20. The number of nitrogens with one attached hydrogen (secondary N) is 1. The maximum atomic E-state index is 10.8. The van der Waals surface area contributed by atoms with Crippen molar-refractivity contribution in [2.24, 2.45) is 0 Å². The van der Waals surface area contributed by atoms with E-state index in [4.69, 9.17) is 4.74 Å². The van der Waals surface area contributed by atoms with Crippen LogP contribution in [0.15, 0.2) is 30.7 Å². The van der Waals surface area contributed by atoms with Crippen molar-refractivity contribution >= 4 is 5.69 Å². The first kappa shape index (κ1) is 12.6. The summed E-state index contributed by atoms with van der Waals surface area (Å²) in [4.78, 5) is 14.6. The second-order valence-corrected chi connectivity index (χ2v) is 4.66. The van der Waals surface area contributed by atoms with Gasteiger partial charge in [0.25, 0.3) is 5.69 Å². The molecule has 0 atom stereocenters. The Bertz CT molecular complexity index is 649. The lowest BCUT2D eigenvalue weighted by molar-refractivity contribution is -0.384. The molecule has 0 amide bonds. The molecule has 1 aliphatic rings. The van der Waals surface area contributed by atoms with E-state index in [1.54, 1.807) is 12.4 Å². The summed E-state index contributed by atoms with van der Waals surface area (Å²) >= 11 is 0. The normalized spacial score (nSPS) is 14.8. The Morgan fingerprint density at radius 3 is 2.90 bits per heavy atom. The molecule has 0 saturated carbocycles. The summed E-state index contributed by atoms with van der Waals surface area (Å²) in [5, 5.41) is 14.0. The molecule has 1 aromatic heterocycles. The van der Waals surface area contributed by atoms with E-state index in [2.05, 4.69) is 10.3 Å². The fourth-order valence-electron chi connectivity index (χ4n) is 2.29. The third-order valence-corrected chi connectivity index (χ3v) is 3.50. The fraction of sp³-hybridized carbons (Fsp3) is 0.308. The van der Waals surface area contributed by atoms with Crippen LogP contribution in [0.2, 0.25) is 0 Å². The maximum Gasteiger partial charge on any atom is 0.273 e. The average molecular weight is 274 g/mol. The van der Waals surface area contributed by atoms with E-state index in [9.17, 15) is 10.1 Å². The zero-order valence-electron chi connectivity index (χ0n) is 10.9. The number of nitro groups is 1. The Morgan fingerprint density at radius 1 is 1.50 bits per heavy atom. The number of ether oxygens (including phenoxy) is 1. The molecule has 1 aromatic carbocycles. The van der Waals surface area contributed by atoms with Crippen LogP contribution in [0.3, 0.4) is 0 Å². The predicted octanol–water partition coefficient (Wildman–Crippen LogP) is 1.48. The first-order chi connectivity index (χ1) is 9.70. The van der Waals surface area contributed by atoms with Gasteiger partial charge in [0.1, 0.15) is 5.75 Å². The lowest BCUT2D eigenvalue weighted by atomic mass is 9.99. The Kier molecular flexibility index (Phi) is 3.11. The smallest absolute Gasteiger partial charge is 0.273 e.